The number of aryl methyl sites for hydroxylation is 1. The lowest BCUT2D eigenvalue weighted by atomic mass is 10.1. The Bertz CT molecular complexity index is 956. The third kappa shape index (κ3) is 1.96. The van der Waals surface area contributed by atoms with E-state index in [1.54, 1.807) is 16.0 Å². The van der Waals surface area contributed by atoms with Crippen LogP contribution in [-0.4, -0.2) is 20.0 Å². The summed E-state index contributed by atoms with van der Waals surface area (Å²) in [6.45, 7) is 1.91. The summed E-state index contributed by atoms with van der Waals surface area (Å²) in [5, 5.41) is 17.3. The molecule has 0 saturated carbocycles. The van der Waals surface area contributed by atoms with Crippen LogP contribution in [0.25, 0.3) is 27.2 Å². The van der Waals surface area contributed by atoms with Gasteiger partial charge in [-0.25, -0.2) is 0 Å². The van der Waals surface area contributed by atoms with Crippen LogP contribution in [0.4, 0.5) is 5.82 Å². The SMILES string of the molecule is Cc1cc(N)n(-c2nnc(-c3cccs3)c3ccccc23)n1. The fraction of sp³-hybridized carbons (Fsp3) is 0.0625. The Morgan fingerprint density at radius 3 is 2.55 bits per heavy atom. The van der Waals surface area contributed by atoms with Crippen LogP contribution in [0.15, 0.2) is 47.8 Å². The number of nitrogens with two attached hydrogens (primary N) is 1. The van der Waals surface area contributed by atoms with Gasteiger partial charge in [0.15, 0.2) is 5.82 Å². The molecule has 4 aromatic rings. The predicted molar refractivity (Wildman–Crippen MR) is 89.1 cm³/mol. The molecule has 6 heteroatoms. The number of nitrogens with zero attached hydrogens (tertiary/aromatic N) is 4. The maximum absolute atomic E-state index is 6.03. The molecule has 0 aliphatic rings. The van der Waals surface area contributed by atoms with Gasteiger partial charge in [0.25, 0.3) is 0 Å². The van der Waals surface area contributed by atoms with Gasteiger partial charge in [-0.3, -0.25) is 0 Å². The van der Waals surface area contributed by atoms with E-state index in [-0.39, 0.29) is 0 Å². The summed E-state index contributed by atoms with van der Waals surface area (Å²) < 4.78 is 1.64. The molecular formula is C16H13N5S. The number of anilines is 1. The summed E-state index contributed by atoms with van der Waals surface area (Å²) in [5.41, 5.74) is 7.77. The second kappa shape index (κ2) is 4.92. The highest BCUT2D eigenvalue weighted by molar-refractivity contribution is 7.13. The molecule has 0 atom stereocenters. The van der Waals surface area contributed by atoms with Crippen molar-refractivity contribution >= 4 is 27.9 Å². The van der Waals surface area contributed by atoms with E-state index in [4.69, 9.17) is 5.73 Å². The fourth-order valence-corrected chi connectivity index (χ4v) is 3.25. The van der Waals surface area contributed by atoms with E-state index < -0.39 is 0 Å². The number of hydrogen-bond donors (Lipinski definition) is 1. The highest BCUT2D eigenvalue weighted by atomic mass is 32.1. The van der Waals surface area contributed by atoms with Crippen molar-refractivity contribution in [3.8, 4) is 16.4 Å². The van der Waals surface area contributed by atoms with Gasteiger partial charge < -0.3 is 5.73 Å². The molecule has 0 spiro atoms. The number of hydrogen-bond acceptors (Lipinski definition) is 5. The van der Waals surface area contributed by atoms with Gasteiger partial charge in [-0.1, -0.05) is 30.3 Å². The molecule has 2 N–H and O–H groups in total. The molecule has 0 amide bonds. The first-order valence-corrected chi connectivity index (χ1v) is 7.74. The van der Waals surface area contributed by atoms with E-state index in [1.807, 2.05) is 48.7 Å². The monoisotopic (exact) mass is 307 g/mol. The summed E-state index contributed by atoms with van der Waals surface area (Å²) >= 11 is 1.65. The third-order valence-corrected chi connectivity index (χ3v) is 4.36. The Morgan fingerprint density at radius 2 is 1.86 bits per heavy atom. The molecule has 3 heterocycles. The average Bonchev–Trinajstić information content (AvgIpc) is 3.16. The molecule has 0 bridgehead atoms. The smallest absolute Gasteiger partial charge is 0.185 e. The highest BCUT2D eigenvalue weighted by Gasteiger charge is 2.15. The van der Waals surface area contributed by atoms with Gasteiger partial charge in [-0.2, -0.15) is 9.78 Å². The summed E-state index contributed by atoms with van der Waals surface area (Å²) in [5.74, 6) is 1.21. The fourth-order valence-electron chi connectivity index (χ4n) is 2.53. The zero-order valence-corrected chi connectivity index (χ0v) is 12.7. The molecule has 3 aromatic heterocycles. The van der Waals surface area contributed by atoms with Gasteiger partial charge in [0.05, 0.1) is 10.6 Å². The van der Waals surface area contributed by atoms with Crippen molar-refractivity contribution in [1.29, 1.82) is 0 Å². The average molecular weight is 307 g/mol. The van der Waals surface area contributed by atoms with Crippen LogP contribution in [0.5, 0.6) is 0 Å². The van der Waals surface area contributed by atoms with Gasteiger partial charge in [-0.05, 0) is 18.4 Å². The van der Waals surface area contributed by atoms with Crippen LogP contribution < -0.4 is 5.73 Å². The molecule has 0 aliphatic carbocycles. The van der Waals surface area contributed by atoms with Crippen LogP contribution in [0.1, 0.15) is 5.69 Å². The van der Waals surface area contributed by atoms with Crippen molar-refractivity contribution in [3.05, 3.63) is 53.5 Å². The number of nitrogen functional groups attached to an aromatic ring is 1. The Hall–Kier alpha value is -2.73. The zero-order chi connectivity index (χ0) is 15.1. The number of fused-ring (bicyclic) bond motifs is 1. The second-order valence-corrected chi connectivity index (χ2v) is 5.97. The summed E-state index contributed by atoms with van der Waals surface area (Å²) in [4.78, 5) is 1.10. The van der Waals surface area contributed by atoms with Crippen LogP contribution in [0.3, 0.4) is 0 Å². The van der Waals surface area contributed by atoms with Gasteiger partial charge >= 0.3 is 0 Å². The van der Waals surface area contributed by atoms with E-state index in [9.17, 15) is 0 Å². The Kier molecular flexibility index (Phi) is 2.90. The lowest BCUT2D eigenvalue weighted by Crippen LogP contribution is -2.06. The largest absolute Gasteiger partial charge is 0.384 e. The highest BCUT2D eigenvalue weighted by Crippen LogP contribution is 2.31. The molecule has 0 aliphatic heterocycles. The van der Waals surface area contributed by atoms with E-state index >= 15 is 0 Å². The summed E-state index contributed by atoms with van der Waals surface area (Å²) in [6, 6.07) is 13.9. The topological polar surface area (TPSA) is 69.6 Å². The van der Waals surface area contributed by atoms with E-state index in [2.05, 4.69) is 21.4 Å². The van der Waals surface area contributed by atoms with Crippen molar-refractivity contribution in [1.82, 2.24) is 20.0 Å². The second-order valence-electron chi connectivity index (χ2n) is 5.02. The first kappa shape index (κ1) is 13.0. The lowest BCUT2D eigenvalue weighted by molar-refractivity contribution is 0.824. The van der Waals surface area contributed by atoms with E-state index in [0.29, 0.717) is 11.6 Å². The maximum atomic E-state index is 6.03. The van der Waals surface area contributed by atoms with Crippen molar-refractivity contribution in [3.63, 3.8) is 0 Å². The normalized spacial score (nSPS) is 11.1. The van der Waals surface area contributed by atoms with Crippen LogP contribution in [-0.2, 0) is 0 Å². The summed E-state index contributed by atoms with van der Waals surface area (Å²) in [7, 11) is 0. The maximum Gasteiger partial charge on any atom is 0.185 e. The first-order valence-electron chi connectivity index (χ1n) is 6.86. The minimum Gasteiger partial charge on any atom is -0.384 e. The molecule has 108 valence electrons. The van der Waals surface area contributed by atoms with Gasteiger partial charge in [0.2, 0.25) is 0 Å². The predicted octanol–water partition coefficient (Wildman–Crippen LogP) is 3.43. The van der Waals surface area contributed by atoms with Crippen molar-refractivity contribution < 1.29 is 0 Å². The van der Waals surface area contributed by atoms with Crippen molar-refractivity contribution in [2.75, 3.05) is 5.73 Å². The molecule has 1 aromatic carbocycles. The summed E-state index contributed by atoms with van der Waals surface area (Å²) in [6.07, 6.45) is 0. The number of aromatic nitrogens is 4. The number of rotatable bonds is 2. The van der Waals surface area contributed by atoms with Crippen LogP contribution in [0.2, 0.25) is 0 Å². The molecule has 5 nitrogen and oxygen atoms in total. The standard InChI is InChI=1S/C16H13N5S/c1-10-9-14(17)21(20-10)16-12-6-3-2-5-11(12)15(18-19-16)13-7-4-8-22-13/h2-9H,17H2,1H3. The molecular weight excluding hydrogens is 294 g/mol. The van der Waals surface area contributed by atoms with Crippen molar-refractivity contribution in [2.45, 2.75) is 6.92 Å². The van der Waals surface area contributed by atoms with E-state index in [1.165, 1.54) is 0 Å². The quantitative estimate of drug-likeness (QED) is 0.616. The van der Waals surface area contributed by atoms with Crippen LogP contribution in [0, 0.1) is 6.92 Å². The first-order chi connectivity index (χ1) is 10.7. The zero-order valence-electron chi connectivity index (χ0n) is 11.9. The number of thiophene rings is 1. The molecule has 0 saturated heterocycles. The molecule has 22 heavy (non-hydrogen) atoms. The Morgan fingerprint density at radius 1 is 1.05 bits per heavy atom. The van der Waals surface area contributed by atoms with Crippen LogP contribution >= 0.6 is 11.3 Å². The van der Waals surface area contributed by atoms with Gasteiger partial charge in [0, 0.05) is 16.8 Å². The molecule has 0 fully saturated rings. The van der Waals surface area contributed by atoms with Gasteiger partial charge in [0.1, 0.15) is 11.5 Å². The number of benzene rings is 1. The molecule has 0 radical (unpaired) electrons. The lowest BCUT2D eigenvalue weighted by Gasteiger charge is -2.09. The van der Waals surface area contributed by atoms with Crippen molar-refractivity contribution in [2.24, 2.45) is 0 Å². The molecule has 0 unspecified atom stereocenters. The van der Waals surface area contributed by atoms with E-state index in [0.717, 1.165) is 27.0 Å². The minimum absolute atomic E-state index is 0.556. The van der Waals surface area contributed by atoms with Gasteiger partial charge in [-0.15, -0.1) is 21.5 Å². The third-order valence-electron chi connectivity index (χ3n) is 3.48. The minimum atomic E-state index is 0.556. The molecule has 4 rings (SSSR count). The Balaban J connectivity index is 2.03. The Labute approximate surface area is 131 Å².